The van der Waals surface area contributed by atoms with E-state index in [1.807, 2.05) is 5.25 Å². The molecule has 0 rings (SSSR count). The molecular formula is C3H3O2S-. The SMILES string of the molecule is CC#CS(=O)[O-]. The van der Waals surface area contributed by atoms with Crippen LogP contribution in [0.2, 0.25) is 0 Å². The van der Waals surface area contributed by atoms with Crippen LogP contribution in [0.4, 0.5) is 0 Å². The summed E-state index contributed by atoms with van der Waals surface area (Å²) < 4.78 is 18.9. The van der Waals surface area contributed by atoms with Crippen LogP contribution in [0, 0.1) is 11.2 Å². The van der Waals surface area contributed by atoms with E-state index < -0.39 is 11.1 Å². The van der Waals surface area contributed by atoms with E-state index in [-0.39, 0.29) is 0 Å². The van der Waals surface area contributed by atoms with E-state index in [9.17, 15) is 8.76 Å². The summed E-state index contributed by atoms with van der Waals surface area (Å²) >= 11 is -2.18. The predicted octanol–water partition coefficient (Wildman–Crippen LogP) is -0.154. The van der Waals surface area contributed by atoms with Crippen molar-refractivity contribution in [1.82, 2.24) is 0 Å². The highest BCUT2D eigenvalue weighted by Gasteiger charge is 1.55. The first-order valence-corrected chi connectivity index (χ1v) is 2.36. The van der Waals surface area contributed by atoms with Gasteiger partial charge < -0.3 is 4.55 Å². The molecule has 0 radical (unpaired) electrons. The van der Waals surface area contributed by atoms with E-state index in [0.29, 0.717) is 0 Å². The first kappa shape index (κ1) is 5.67. The molecule has 0 N–H and O–H groups in total. The van der Waals surface area contributed by atoms with Crippen molar-refractivity contribution in [3.63, 3.8) is 0 Å². The molecule has 1 atom stereocenters. The Labute approximate surface area is 38.8 Å². The van der Waals surface area contributed by atoms with Crippen molar-refractivity contribution in [2.45, 2.75) is 6.92 Å². The van der Waals surface area contributed by atoms with E-state index in [1.165, 1.54) is 6.92 Å². The third kappa shape index (κ3) is 3.67. The Morgan fingerprint density at radius 2 is 2.33 bits per heavy atom. The summed E-state index contributed by atoms with van der Waals surface area (Å²) in [6.07, 6.45) is 0. The zero-order valence-corrected chi connectivity index (χ0v) is 4.04. The monoisotopic (exact) mass is 103 g/mol. The van der Waals surface area contributed by atoms with Gasteiger partial charge in [0.2, 0.25) is 0 Å². The average molecular weight is 103 g/mol. The smallest absolute Gasteiger partial charge is 0.0247 e. The van der Waals surface area contributed by atoms with Crippen LogP contribution in [-0.4, -0.2) is 8.76 Å². The highest BCUT2D eigenvalue weighted by Crippen LogP contribution is 1.60. The molecule has 0 spiro atoms. The normalized spacial score (nSPS) is 11.7. The van der Waals surface area contributed by atoms with Crippen molar-refractivity contribution in [2.75, 3.05) is 0 Å². The predicted molar refractivity (Wildman–Crippen MR) is 22.4 cm³/mol. The molecule has 0 aliphatic rings. The minimum Gasteiger partial charge on any atom is -0.762 e. The topological polar surface area (TPSA) is 40.1 Å². The van der Waals surface area contributed by atoms with Gasteiger partial charge in [-0.15, -0.1) is 0 Å². The van der Waals surface area contributed by atoms with Gasteiger partial charge in [0.05, 0.1) is 0 Å². The van der Waals surface area contributed by atoms with E-state index in [1.54, 1.807) is 0 Å². The molecule has 0 fully saturated rings. The molecule has 0 saturated carbocycles. The number of hydrogen-bond donors (Lipinski definition) is 0. The molecule has 0 aromatic rings. The first-order chi connectivity index (χ1) is 2.77. The summed E-state index contributed by atoms with van der Waals surface area (Å²) in [4.78, 5) is 0. The summed E-state index contributed by atoms with van der Waals surface area (Å²) in [6, 6.07) is 0. The van der Waals surface area contributed by atoms with Crippen LogP contribution >= 0.6 is 0 Å². The zero-order valence-electron chi connectivity index (χ0n) is 3.22. The van der Waals surface area contributed by atoms with Gasteiger partial charge in [0, 0.05) is 11.1 Å². The van der Waals surface area contributed by atoms with Gasteiger partial charge in [-0.05, 0) is 12.2 Å². The van der Waals surface area contributed by atoms with Gasteiger partial charge in [-0.1, -0.05) is 5.92 Å². The minimum absolute atomic E-state index is 1.47. The van der Waals surface area contributed by atoms with Gasteiger partial charge >= 0.3 is 0 Å². The van der Waals surface area contributed by atoms with Crippen LogP contribution in [0.3, 0.4) is 0 Å². The largest absolute Gasteiger partial charge is 0.762 e. The molecule has 0 aromatic heterocycles. The van der Waals surface area contributed by atoms with Crippen molar-refractivity contribution < 1.29 is 8.76 Å². The molecule has 2 nitrogen and oxygen atoms in total. The van der Waals surface area contributed by atoms with Gasteiger partial charge in [0.25, 0.3) is 0 Å². The van der Waals surface area contributed by atoms with Crippen LogP contribution < -0.4 is 0 Å². The molecule has 3 heteroatoms. The Morgan fingerprint density at radius 3 is 2.33 bits per heavy atom. The van der Waals surface area contributed by atoms with Crippen LogP contribution in [0.25, 0.3) is 0 Å². The zero-order chi connectivity index (χ0) is 4.99. The van der Waals surface area contributed by atoms with Crippen LogP contribution in [0.5, 0.6) is 0 Å². The Balaban J connectivity index is 3.50. The van der Waals surface area contributed by atoms with Crippen molar-refractivity contribution in [3.8, 4) is 11.2 Å². The molecule has 1 unspecified atom stereocenters. The van der Waals surface area contributed by atoms with Gasteiger partial charge in [-0.2, -0.15) is 0 Å². The summed E-state index contributed by atoms with van der Waals surface area (Å²) in [6.45, 7) is 1.47. The second kappa shape index (κ2) is 2.88. The van der Waals surface area contributed by atoms with E-state index >= 15 is 0 Å². The van der Waals surface area contributed by atoms with E-state index in [2.05, 4.69) is 5.92 Å². The van der Waals surface area contributed by atoms with Crippen molar-refractivity contribution in [2.24, 2.45) is 0 Å². The minimum atomic E-state index is -2.18. The maximum Gasteiger partial charge on any atom is 0.0247 e. The summed E-state index contributed by atoms with van der Waals surface area (Å²) in [5.41, 5.74) is 0. The third-order valence-electron chi connectivity index (χ3n) is 0.185. The Kier molecular flexibility index (Phi) is 2.73. The fraction of sp³-hybridized carbons (Fsp3) is 0.333. The molecule has 34 valence electrons. The Hall–Kier alpha value is -0.330. The van der Waals surface area contributed by atoms with Crippen LogP contribution in [-0.2, 0) is 11.1 Å². The van der Waals surface area contributed by atoms with Gasteiger partial charge in [0.1, 0.15) is 0 Å². The standard InChI is InChI=1S/C3H4O2S/c1-2-3-6(4)5/h1H3,(H,4,5)/p-1. The Bertz CT molecular complexity index is 108. The van der Waals surface area contributed by atoms with Crippen molar-refractivity contribution in [3.05, 3.63) is 0 Å². The van der Waals surface area contributed by atoms with E-state index in [4.69, 9.17) is 0 Å². The number of hydrogen-bond acceptors (Lipinski definition) is 2. The second-order valence-corrected chi connectivity index (χ2v) is 1.26. The lowest BCUT2D eigenvalue weighted by Crippen LogP contribution is -1.74. The maximum absolute atomic E-state index is 9.43. The van der Waals surface area contributed by atoms with Crippen molar-refractivity contribution in [1.29, 1.82) is 0 Å². The highest BCUT2D eigenvalue weighted by molar-refractivity contribution is 7.84. The molecular weight excluding hydrogens is 100 g/mol. The molecule has 0 aromatic carbocycles. The lowest BCUT2D eigenvalue weighted by atomic mass is 10.9. The molecule has 0 amide bonds. The fourth-order valence-electron chi connectivity index (χ4n) is 0.0833. The van der Waals surface area contributed by atoms with E-state index in [0.717, 1.165) is 0 Å². The molecule has 0 bridgehead atoms. The Morgan fingerprint density at radius 1 is 1.83 bits per heavy atom. The maximum atomic E-state index is 9.43. The van der Waals surface area contributed by atoms with Crippen molar-refractivity contribution >= 4 is 11.1 Å². The average Bonchev–Trinajstić information content (AvgIpc) is 1.35. The molecule has 0 aliphatic heterocycles. The van der Waals surface area contributed by atoms with Gasteiger partial charge in [-0.25, -0.2) is 0 Å². The summed E-state index contributed by atoms with van der Waals surface area (Å²) in [5.74, 6) is 2.20. The number of rotatable bonds is 0. The fourth-order valence-corrected chi connectivity index (χ4v) is 0.250. The summed E-state index contributed by atoms with van der Waals surface area (Å²) in [5, 5.41) is 1.88. The summed E-state index contributed by atoms with van der Waals surface area (Å²) in [7, 11) is 0. The van der Waals surface area contributed by atoms with Crippen LogP contribution in [0.1, 0.15) is 6.92 Å². The molecule has 0 aliphatic carbocycles. The molecule has 0 saturated heterocycles. The third-order valence-corrected chi connectivity index (χ3v) is 0.556. The first-order valence-electron chi connectivity index (χ1n) is 1.29. The van der Waals surface area contributed by atoms with Gasteiger partial charge in [-0.3, -0.25) is 4.21 Å². The molecule has 6 heavy (non-hydrogen) atoms. The highest BCUT2D eigenvalue weighted by atomic mass is 32.2. The quantitative estimate of drug-likeness (QED) is 0.316. The lowest BCUT2D eigenvalue weighted by Gasteiger charge is -1.85. The second-order valence-electron chi connectivity index (χ2n) is 0.587. The lowest BCUT2D eigenvalue weighted by molar-refractivity contribution is 0.548. The van der Waals surface area contributed by atoms with Crippen LogP contribution in [0.15, 0.2) is 0 Å². The molecule has 0 heterocycles. The van der Waals surface area contributed by atoms with Gasteiger partial charge in [0.15, 0.2) is 0 Å².